The van der Waals surface area contributed by atoms with Crippen molar-refractivity contribution in [3.63, 3.8) is 0 Å². The first-order valence-corrected chi connectivity index (χ1v) is 4.58. The van der Waals surface area contributed by atoms with Crippen LogP contribution in [0.25, 0.3) is 0 Å². The van der Waals surface area contributed by atoms with Crippen molar-refractivity contribution in [3.05, 3.63) is 45.0 Å². The average Bonchev–Trinajstić information content (AvgIpc) is 2.15. The summed E-state index contributed by atoms with van der Waals surface area (Å²) < 4.78 is 0. The number of halogens is 1. The Hall–Kier alpha value is -1.13. The Balaban J connectivity index is 2.78. The highest BCUT2D eigenvalue weighted by atomic mass is 35.5. The van der Waals surface area contributed by atoms with Crippen molar-refractivity contribution in [1.82, 2.24) is 0 Å². The van der Waals surface area contributed by atoms with E-state index >= 15 is 0 Å². The lowest BCUT2D eigenvalue weighted by atomic mass is 10.00. The zero-order valence-electron chi connectivity index (χ0n) is 7.52. The molecule has 1 rings (SSSR count). The Morgan fingerprint density at radius 2 is 2.00 bits per heavy atom. The van der Waals surface area contributed by atoms with Crippen LogP contribution in [-0.4, -0.2) is 18.0 Å². The maximum atomic E-state index is 10.3. The molecule has 1 aromatic rings. The summed E-state index contributed by atoms with van der Waals surface area (Å²) in [6.45, 7) is 0.126. The van der Waals surface area contributed by atoms with Crippen molar-refractivity contribution in [2.45, 2.75) is 5.92 Å². The quantitative estimate of drug-likeness (QED) is 0.612. The molecule has 5 heteroatoms. The summed E-state index contributed by atoms with van der Waals surface area (Å²) in [5, 5.41) is 10.9. The van der Waals surface area contributed by atoms with Gasteiger partial charge in [0.05, 0.1) is 5.92 Å². The molecule has 0 aliphatic heterocycles. The van der Waals surface area contributed by atoms with Crippen LogP contribution in [0.15, 0.2) is 24.3 Å². The highest BCUT2D eigenvalue weighted by molar-refractivity contribution is 6.30. The Bertz CT molecular complexity index is 313. The molecule has 76 valence electrons. The molecule has 0 fully saturated rings. The molecule has 1 unspecified atom stereocenters. The van der Waals surface area contributed by atoms with Crippen LogP contribution in [0.4, 0.5) is 0 Å². The maximum Gasteiger partial charge on any atom is 0.211 e. The van der Waals surface area contributed by atoms with Crippen molar-refractivity contribution in [2.24, 2.45) is 5.73 Å². The summed E-state index contributed by atoms with van der Waals surface area (Å²) in [6.07, 6.45) is 0. The summed E-state index contributed by atoms with van der Waals surface area (Å²) >= 11 is 5.70. The summed E-state index contributed by atoms with van der Waals surface area (Å²) in [5.74, 6) is -0.234. The lowest BCUT2D eigenvalue weighted by molar-refractivity contribution is -0.483. The van der Waals surface area contributed by atoms with Crippen LogP contribution in [0.5, 0.6) is 0 Å². The first kappa shape index (κ1) is 10.9. The molecular formula is C9H11ClN2O2. The van der Waals surface area contributed by atoms with Crippen molar-refractivity contribution in [1.29, 1.82) is 0 Å². The zero-order chi connectivity index (χ0) is 10.6. The van der Waals surface area contributed by atoms with Crippen LogP contribution in [-0.2, 0) is 0 Å². The minimum absolute atomic E-state index is 0.141. The van der Waals surface area contributed by atoms with Gasteiger partial charge in [0.25, 0.3) is 0 Å². The number of nitrogens with zero attached hydrogens (tertiary/aromatic N) is 1. The van der Waals surface area contributed by atoms with E-state index < -0.39 is 0 Å². The third-order valence-corrected chi connectivity index (χ3v) is 2.25. The lowest BCUT2D eigenvalue weighted by Gasteiger charge is -2.09. The molecule has 1 aromatic carbocycles. The summed E-state index contributed by atoms with van der Waals surface area (Å²) in [7, 11) is 0. The highest BCUT2D eigenvalue weighted by Crippen LogP contribution is 2.17. The van der Waals surface area contributed by atoms with E-state index in [1.807, 2.05) is 0 Å². The van der Waals surface area contributed by atoms with Gasteiger partial charge in [-0.3, -0.25) is 10.1 Å². The first-order valence-electron chi connectivity index (χ1n) is 4.21. The van der Waals surface area contributed by atoms with Crippen molar-refractivity contribution >= 4 is 11.6 Å². The molecule has 0 aliphatic carbocycles. The first-order chi connectivity index (χ1) is 6.63. The van der Waals surface area contributed by atoms with Crippen LogP contribution in [0.3, 0.4) is 0 Å². The van der Waals surface area contributed by atoms with Gasteiger partial charge < -0.3 is 5.73 Å². The van der Waals surface area contributed by atoms with Gasteiger partial charge in [0.2, 0.25) is 6.54 Å². The van der Waals surface area contributed by atoms with Gasteiger partial charge in [0.1, 0.15) is 0 Å². The summed E-state index contributed by atoms with van der Waals surface area (Å²) in [4.78, 5) is 9.98. The predicted molar refractivity (Wildman–Crippen MR) is 55.1 cm³/mol. The van der Waals surface area contributed by atoms with E-state index in [2.05, 4.69) is 0 Å². The monoisotopic (exact) mass is 214 g/mol. The smallest absolute Gasteiger partial charge is 0.211 e. The van der Waals surface area contributed by atoms with E-state index in [4.69, 9.17) is 17.3 Å². The van der Waals surface area contributed by atoms with Crippen LogP contribution >= 0.6 is 11.6 Å². The Morgan fingerprint density at radius 1 is 1.43 bits per heavy atom. The second-order valence-electron chi connectivity index (χ2n) is 3.00. The van der Waals surface area contributed by atoms with Gasteiger partial charge in [-0.1, -0.05) is 23.7 Å². The van der Waals surface area contributed by atoms with Gasteiger partial charge in [-0.05, 0) is 17.7 Å². The molecule has 0 spiro atoms. The Labute approximate surface area is 86.8 Å². The zero-order valence-corrected chi connectivity index (χ0v) is 8.28. The normalized spacial score (nSPS) is 12.4. The van der Waals surface area contributed by atoms with Crippen LogP contribution in [0.2, 0.25) is 5.02 Å². The molecular weight excluding hydrogens is 204 g/mol. The molecule has 0 radical (unpaired) electrons. The van der Waals surface area contributed by atoms with Gasteiger partial charge >= 0.3 is 0 Å². The number of benzene rings is 1. The van der Waals surface area contributed by atoms with Crippen LogP contribution in [0.1, 0.15) is 11.5 Å². The lowest BCUT2D eigenvalue weighted by Crippen LogP contribution is -2.20. The van der Waals surface area contributed by atoms with Crippen molar-refractivity contribution < 1.29 is 4.92 Å². The minimum atomic E-state index is -0.355. The molecule has 0 saturated heterocycles. The van der Waals surface area contributed by atoms with E-state index in [0.29, 0.717) is 5.02 Å². The number of hydrogen-bond acceptors (Lipinski definition) is 3. The van der Waals surface area contributed by atoms with Crippen LogP contribution < -0.4 is 5.73 Å². The van der Waals surface area contributed by atoms with Crippen molar-refractivity contribution in [3.8, 4) is 0 Å². The standard InChI is InChI=1S/C9H11ClN2O2/c10-9-3-1-7(2-4-9)8(5-11)6-12(13)14/h1-4,8H,5-6,11H2. The van der Waals surface area contributed by atoms with Gasteiger partial charge in [0, 0.05) is 16.5 Å². The van der Waals surface area contributed by atoms with Crippen molar-refractivity contribution in [2.75, 3.05) is 13.1 Å². The number of rotatable bonds is 4. The second kappa shape index (κ2) is 4.93. The number of nitrogens with two attached hydrogens (primary N) is 1. The maximum absolute atomic E-state index is 10.3. The topological polar surface area (TPSA) is 69.2 Å². The second-order valence-corrected chi connectivity index (χ2v) is 3.44. The van der Waals surface area contributed by atoms with E-state index in [-0.39, 0.29) is 23.9 Å². The summed E-state index contributed by atoms with van der Waals surface area (Å²) in [6, 6.07) is 6.95. The largest absolute Gasteiger partial charge is 0.330 e. The third kappa shape index (κ3) is 2.97. The Kier molecular flexibility index (Phi) is 3.85. The fourth-order valence-corrected chi connectivity index (χ4v) is 1.36. The van der Waals surface area contributed by atoms with Gasteiger partial charge in [0.15, 0.2) is 0 Å². The van der Waals surface area contributed by atoms with Crippen LogP contribution in [0, 0.1) is 10.1 Å². The third-order valence-electron chi connectivity index (χ3n) is 2.00. The molecule has 0 saturated carbocycles. The molecule has 0 heterocycles. The highest BCUT2D eigenvalue weighted by Gasteiger charge is 2.15. The molecule has 14 heavy (non-hydrogen) atoms. The van der Waals surface area contributed by atoms with E-state index in [1.165, 1.54) is 0 Å². The van der Waals surface area contributed by atoms with Gasteiger partial charge in [-0.25, -0.2) is 0 Å². The van der Waals surface area contributed by atoms with E-state index in [9.17, 15) is 10.1 Å². The molecule has 0 amide bonds. The van der Waals surface area contributed by atoms with Gasteiger partial charge in [-0.15, -0.1) is 0 Å². The SMILES string of the molecule is NCC(C[N+](=O)[O-])c1ccc(Cl)cc1. The van der Waals surface area contributed by atoms with E-state index in [1.54, 1.807) is 24.3 Å². The molecule has 0 aliphatic rings. The number of hydrogen-bond donors (Lipinski definition) is 1. The van der Waals surface area contributed by atoms with Gasteiger partial charge in [-0.2, -0.15) is 0 Å². The molecule has 0 aromatic heterocycles. The average molecular weight is 215 g/mol. The molecule has 1 atom stereocenters. The molecule has 2 N–H and O–H groups in total. The minimum Gasteiger partial charge on any atom is -0.330 e. The predicted octanol–water partition coefficient (Wildman–Crippen LogP) is 1.66. The van der Waals surface area contributed by atoms with E-state index in [0.717, 1.165) is 5.56 Å². The Morgan fingerprint density at radius 3 is 2.43 bits per heavy atom. The molecule has 4 nitrogen and oxygen atoms in total. The summed E-state index contributed by atoms with van der Waals surface area (Å²) in [5.41, 5.74) is 6.31. The fourth-order valence-electron chi connectivity index (χ4n) is 1.23. The number of nitro groups is 1. The molecule has 0 bridgehead atoms. The fraction of sp³-hybridized carbons (Fsp3) is 0.333.